The van der Waals surface area contributed by atoms with Crippen molar-refractivity contribution in [3.05, 3.63) is 24.3 Å². The van der Waals surface area contributed by atoms with Gasteiger partial charge in [-0.05, 0) is 53.6 Å². The number of likely N-dealkylation sites (tertiary alicyclic amines) is 1. The molecule has 31 heavy (non-hydrogen) atoms. The summed E-state index contributed by atoms with van der Waals surface area (Å²) in [5.41, 5.74) is 0. The predicted octanol–water partition coefficient (Wildman–Crippen LogP) is 1.94. The van der Waals surface area contributed by atoms with Crippen molar-refractivity contribution in [1.29, 1.82) is 0 Å². The minimum absolute atomic E-state index is 0.00517. The van der Waals surface area contributed by atoms with E-state index in [4.69, 9.17) is 18.9 Å². The summed E-state index contributed by atoms with van der Waals surface area (Å²) in [5.74, 6) is -2.64. The Kier molecular flexibility index (Phi) is 12.2. The first-order valence-corrected chi connectivity index (χ1v) is 10.5. The molecule has 0 spiro atoms. The first kappa shape index (κ1) is 26.4. The molecule has 9 nitrogen and oxygen atoms in total. The number of piperidine rings is 1. The molecule has 0 aliphatic carbocycles. The monoisotopic (exact) mass is 439 g/mol. The van der Waals surface area contributed by atoms with Gasteiger partial charge >= 0.3 is 23.9 Å². The van der Waals surface area contributed by atoms with Gasteiger partial charge in [-0.15, -0.1) is 0 Å². The van der Waals surface area contributed by atoms with E-state index >= 15 is 0 Å². The second-order valence-corrected chi connectivity index (χ2v) is 7.65. The SMILES string of the molecule is CC(C)OC(=O)/C=C/C(=O)OCC(COC(=O)/C=C/C(=O)OC(C)C)N1CCCCC1. The lowest BCUT2D eigenvalue weighted by atomic mass is 10.1. The van der Waals surface area contributed by atoms with Gasteiger partial charge in [-0.1, -0.05) is 6.42 Å². The summed E-state index contributed by atoms with van der Waals surface area (Å²) in [6.07, 6.45) is 6.59. The van der Waals surface area contributed by atoms with Gasteiger partial charge in [0.25, 0.3) is 0 Å². The molecule has 1 heterocycles. The predicted molar refractivity (Wildman–Crippen MR) is 112 cm³/mol. The van der Waals surface area contributed by atoms with Crippen LogP contribution in [0, 0.1) is 0 Å². The van der Waals surface area contributed by atoms with Crippen molar-refractivity contribution in [3.8, 4) is 0 Å². The Balaban J connectivity index is 2.57. The van der Waals surface area contributed by atoms with Gasteiger partial charge in [-0.2, -0.15) is 0 Å². The molecule has 0 saturated carbocycles. The molecule has 0 unspecified atom stereocenters. The third kappa shape index (κ3) is 12.6. The van der Waals surface area contributed by atoms with E-state index in [-0.39, 0.29) is 31.5 Å². The molecule has 1 fully saturated rings. The van der Waals surface area contributed by atoms with Crippen molar-refractivity contribution in [2.75, 3.05) is 26.3 Å². The Morgan fingerprint density at radius 1 is 0.677 bits per heavy atom. The zero-order chi connectivity index (χ0) is 23.2. The highest BCUT2D eigenvalue weighted by atomic mass is 16.6. The van der Waals surface area contributed by atoms with Crippen LogP contribution in [0.5, 0.6) is 0 Å². The van der Waals surface area contributed by atoms with Gasteiger partial charge in [0.15, 0.2) is 0 Å². The lowest BCUT2D eigenvalue weighted by Crippen LogP contribution is -2.45. The van der Waals surface area contributed by atoms with Gasteiger partial charge in [0, 0.05) is 24.3 Å². The molecular weight excluding hydrogens is 406 g/mol. The molecule has 0 amide bonds. The Morgan fingerprint density at radius 3 is 1.45 bits per heavy atom. The molecular formula is C22H33NO8. The fourth-order valence-corrected chi connectivity index (χ4v) is 2.81. The van der Waals surface area contributed by atoms with Gasteiger partial charge in [0.2, 0.25) is 0 Å². The molecule has 0 radical (unpaired) electrons. The molecule has 1 aliphatic rings. The largest absolute Gasteiger partial charge is 0.461 e. The zero-order valence-corrected chi connectivity index (χ0v) is 18.7. The fourth-order valence-electron chi connectivity index (χ4n) is 2.81. The quantitative estimate of drug-likeness (QED) is 0.271. The van der Waals surface area contributed by atoms with Crippen molar-refractivity contribution in [3.63, 3.8) is 0 Å². The van der Waals surface area contributed by atoms with Crippen LogP contribution in [0.4, 0.5) is 0 Å². The van der Waals surface area contributed by atoms with E-state index in [9.17, 15) is 19.2 Å². The molecule has 1 rings (SSSR count). The summed E-state index contributed by atoms with van der Waals surface area (Å²) in [4.78, 5) is 48.9. The number of carbonyl (C=O) groups is 4. The van der Waals surface area contributed by atoms with Crippen LogP contribution < -0.4 is 0 Å². The summed E-state index contributed by atoms with van der Waals surface area (Å²) in [6, 6.07) is -0.333. The molecule has 9 heteroatoms. The maximum atomic E-state index is 11.9. The van der Waals surface area contributed by atoms with E-state index in [2.05, 4.69) is 4.90 Å². The third-order valence-electron chi connectivity index (χ3n) is 4.16. The van der Waals surface area contributed by atoms with Crippen LogP contribution >= 0.6 is 0 Å². The van der Waals surface area contributed by atoms with Crippen molar-refractivity contribution >= 4 is 23.9 Å². The van der Waals surface area contributed by atoms with Gasteiger partial charge in [-0.25, -0.2) is 19.2 Å². The summed E-state index contributed by atoms with van der Waals surface area (Å²) in [5, 5.41) is 0. The molecule has 0 aromatic carbocycles. The standard InChI is InChI=1S/C22H33NO8/c1-16(2)30-21(26)10-8-19(24)28-14-18(23-12-6-5-7-13-23)15-29-20(25)9-11-22(27)31-17(3)4/h8-11,16-18H,5-7,12-15H2,1-4H3/b10-8+,11-9+. The van der Waals surface area contributed by atoms with Crippen LogP contribution in [0.15, 0.2) is 24.3 Å². The Morgan fingerprint density at radius 2 is 1.06 bits per heavy atom. The lowest BCUT2D eigenvalue weighted by molar-refractivity contribution is -0.146. The van der Waals surface area contributed by atoms with Gasteiger partial charge in [0.1, 0.15) is 13.2 Å². The molecule has 0 N–H and O–H groups in total. The first-order valence-electron chi connectivity index (χ1n) is 10.5. The minimum atomic E-state index is -0.689. The van der Waals surface area contributed by atoms with Crippen molar-refractivity contribution in [2.24, 2.45) is 0 Å². The van der Waals surface area contributed by atoms with E-state index < -0.39 is 23.9 Å². The fraction of sp³-hybridized carbons (Fsp3) is 0.636. The topological polar surface area (TPSA) is 108 Å². The van der Waals surface area contributed by atoms with Crippen molar-refractivity contribution < 1.29 is 38.1 Å². The number of carbonyl (C=O) groups excluding carboxylic acids is 4. The van der Waals surface area contributed by atoms with Crippen molar-refractivity contribution in [2.45, 2.75) is 65.2 Å². The second kappa shape index (κ2) is 14.3. The average Bonchev–Trinajstić information content (AvgIpc) is 2.70. The Bertz CT molecular complexity index is 614. The maximum Gasteiger partial charge on any atom is 0.331 e. The number of nitrogens with zero attached hydrogens (tertiary/aromatic N) is 1. The van der Waals surface area contributed by atoms with E-state index in [1.807, 2.05) is 0 Å². The maximum absolute atomic E-state index is 11.9. The highest BCUT2D eigenvalue weighted by Crippen LogP contribution is 2.13. The molecule has 0 aromatic rings. The molecule has 0 atom stereocenters. The van der Waals surface area contributed by atoms with E-state index in [0.717, 1.165) is 56.7 Å². The van der Waals surface area contributed by atoms with Crippen LogP contribution in [0.2, 0.25) is 0 Å². The zero-order valence-electron chi connectivity index (χ0n) is 18.7. The van der Waals surface area contributed by atoms with E-state index in [1.54, 1.807) is 27.7 Å². The van der Waals surface area contributed by atoms with Crippen LogP contribution in [-0.2, 0) is 38.1 Å². The van der Waals surface area contributed by atoms with Crippen LogP contribution in [0.1, 0.15) is 47.0 Å². The smallest absolute Gasteiger partial charge is 0.331 e. The van der Waals surface area contributed by atoms with Gasteiger partial charge < -0.3 is 18.9 Å². The summed E-state index contributed by atoms with van der Waals surface area (Å²) >= 11 is 0. The number of ether oxygens (including phenoxy) is 4. The normalized spacial score (nSPS) is 15.1. The van der Waals surface area contributed by atoms with Gasteiger partial charge in [-0.3, -0.25) is 4.90 Å². The number of esters is 4. The summed E-state index contributed by atoms with van der Waals surface area (Å²) in [7, 11) is 0. The first-order chi connectivity index (χ1) is 14.7. The minimum Gasteiger partial charge on any atom is -0.461 e. The average molecular weight is 440 g/mol. The van der Waals surface area contributed by atoms with E-state index in [0.29, 0.717) is 0 Å². The van der Waals surface area contributed by atoms with Crippen LogP contribution in [0.25, 0.3) is 0 Å². The number of rotatable bonds is 11. The summed E-state index contributed by atoms with van der Waals surface area (Å²) < 4.78 is 20.3. The third-order valence-corrected chi connectivity index (χ3v) is 4.16. The highest BCUT2D eigenvalue weighted by molar-refractivity contribution is 5.92. The Labute approximate surface area is 183 Å². The Hall–Kier alpha value is -2.68. The molecule has 1 saturated heterocycles. The van der Waals surface area contributed by atoms with Crippen molar-refractivity contribution in [1.82, 2.24) is 4.90 Å². The van der Waals surface area contributed by atoms with Crippen LogP contribution in [0.3, 0.4) is 0 Å². The number of hydrogen-bond donors (Lipinski definition) is 0. The van der Waals surface area contributed by atoms with Gasteiger partial charge in [0.05, 0.1) is 18.2 Å². The van der Waals surface area contributed by atoms with E-state index in [1.165, 1.54) is 0 Å². The molecule has 1 aliphatic heterocycles. The molecule has 0 aromatic heterocycles. The highest BCUT2D eigenvalue weighted by Gasteiger charge is 2.23. The molecule has 0 bridgehead atoms. The second-order valence-electron chi connectivity index (χ2n) is 7.65. The number of hydrogen-bond acceptors (Lipinski definition) is 9. The molecule has 174 valence electrons. The van der Waals surface area contributed by atoms with Crippen LogP contribution in [-0.4, -0.2) is 73.3 Å². The lowest BCUT2D eigenvalue weighted by Gasteiger charge is -2.33. The summed E-state index contributed by atoms with van der Waals surface area (Å²) in [6.45, 7) is 8.41.